The molecule has 1 aromatic heterocycles. The molecule has 0 spiro atoms. The van der Waals surface area contributed by atoms with Crippen molar-refractivity contribution < 1.29 is 5.32 Å². The summed E-state index contributed by atoms with van der Waals surface area (Å²) in [5.74, 6) is 0. The second-order valence-electron chi connectivity index (χ2n) is 2.36. The van der Waals surface area contributed by atoms with Crippen LogP contribution in [-0.4, -0.2) is 4.98 Å². The Kier molecular flexibility index (Phi) is 3.81. The number of allylic oxidation sites excluding steroid dienone is 3. The van der Waals surface area contributed by atoms with Crippen LogP contribution >= 0.6 is 0 Å². The third-order valence-corrected chi connectivity index (χ3v) is 1.41. The van der Waals surface area contributed by atoms with Crippen molar-refractivity contribution in [2.24, 2.45) is 0 Å². The van der Waals surface area contributed by atoms with E-state index in [0.29, 0.717) is 0 Å². The second kappa shape index (κ2) is 5.27. The van der Waals surface area contributed by atoms with Crippen molar-refractivity contribution in [1.82, 2.24) is 4.98 Å². The Morgan fingerprint density at radius 2 is 2.00 bits per heavy atom. The maximum atomic E-state index is 3.93. The summed E-state index contributed by atoms with van der Waals surface area (Å²) in [6.45, 7) is 2.00. The number of aromatic nitrogens is 1. The summed E-state index contributed by atoms with van der Waals surface area (Å²) in [4.78, 5) is 3.93. The highest BCUT2D eigenvalue weighted by Gasteiger charge is 1.87. The number of pyridine rings is 1. The molecule has 0 saturated carbocycles. The van der Waals surface area contributed by atoms with Crippen LogP contribution in [0.25, 0.3) is 0 Å². The lowest BCUT2D eigenvalue weighted by Crippen LogP contribution is -2.70. The van der Waals surface area contributed by atoms with Gasteiger partial charge in [-0.3, -0.25) is 10.3 Å². The van der Waals surface area contributed by atoms with Gasteiger partial charge in [0, 0.05) is 24.5 Å². The fraction of sp³-hybridized carbons (Fsp3) is 0.100. The molecule has 62 valence electrons. The molecule has 0 aliphatic heterocycles. The van der Waals surface area contributed by atoms with Gasteiger partial charge in [-0.2, -0.15) is 0 Å². The Morgan fingerprint density at radius 3 is 2.67 bits per heavy atom. The van der Waals surface area contributed by atoms with Gasteiger partial charge in [-0.25, -0.2) is 0 Å². The van der Waals surface area contributed by atoms with Gasteiger partial charge in [0.1, 0.15) is 5.69 Å². The van der Waals surface area contributed by atoms with Crippen LogP contribution in [0.2, 0.25) is 0 Å². The number of hydrogen-bond donors (Lipinski definition) is 1. The molecule has 1 aromatic rings. The molecule has 2 heteroatoms. The summed E-state index contributed by atoms with van der Waals surface area (Å²) < 4.78 is 0. The SMILES string of the molecule is C/C=C\C=C/[NH2+]c1ccncc1. The van der Waals surface area contributed by atoms with Crippen LogP contribution < -0.4 is 5.32 Å². The molecule has 0 unspecified atom stereocenters. The van der Waals surface area contributed by atoms with Crippen LogP contribution in [0.3, 0.4) is 0 Å². The maximum absolute atomic E-state index is 3.93. The van der Waals surface area contributed by atoms with Crippen molar-refractivity contribution in [3.63, 3.8) is 0 Å². The van der Waals surface area contributed by atoms with E-state index in [9.17, 15) is 0 Å². The molecule has 0 saturated heterocycles. The summed E-state index contributed by atoms with van der Waals surface area (Å²) in [7, 11) is 0. The lowest BCUT2D eigenvalue weighted by atomic mass is 10.4. The molecular weight excluding hydrogens is 148 g/mol. The second-order valence-corrected chi connectivity index (χ2v) is 2.36. The zero-order valence-electron chi connectivity index (χ0n) is 7.14. The first-order chi connectivity index (χ1) is 5.93. The number of rotatable bonds is 3. The van der Waals surface area contributed by atoms with E-state index in [1.165, 1.54) is 5.69 Å². The third-order valence-electron chi connectivity index (χ3n) is 1.41. The standard InChI is InChI=1S/C10H12N2/c1-2-3-4-7-12-10-5-8-11-9-6-10/h2-9H,1H3,(H,11,12)/p+1/b3-2-,7-4-. The minimum absolute atomic E-state index is 1.17. The van der Waals surface area contributed by atoms with Gasteiger partial charge in [-0.1, -0.05) is 12.2 Å². The van der Waals surface area contributed by atoms with Crippen LogP contribution in [0.1, 0.15) is 6.92 Å². The summed E-state index contributed by atoms with van der Waals surface area (Å²) in [6, 6.07) is 3.94. The molecular formula is C10H13N2+. The lowest BCUT2D eigenvalue weighted by molar-refractivity contribution is -0.496. The summed E-state index contributed by atoms with van der Waals surface area (Å²) >= 11 is 0. The topological polar surface area (TPSA) is 29.5 Å². The van der Waals surface area contributed by atoms with Crippen molar-refractivity contribution in [2.75, 3.05) is 0 Å². The van der Waals surface area contributed by atoms with Crippen molar-refractivity contribution in [1.29, 1.82) is 0 Å². The van der Waals surface area contributed by atoms with Crippen molar-refractivity contribution >= 4 is 5.69 Å². The minimum atomic E-state index is 1.17. The molecule has 0 amide bonds. The Balaban J connectivity index is 2.43. The predicted molar refractivity (Wildman–Crippen MR) is 49.8 cm³/mol. The first-order valence-electron chi connectivity index (χ1n) is 3.96. The Hall–Kier alpha value is -1.41. The highest BCUT2D eigenvalue weighted by Crippen LogP contribution is 1.92. The predicted octanol–water partition coefficient (Wildman–Crippen LogP) is 1.37. The van der Waals surface area contributed by atoms with Crippen molar-refractivity contribution in [3.8, 4) is 0 Å². The van der Waals surface area contributed by atoms with Gasteiger partial charge in [-0.05, 0) is 13.0 Å². The van der Waals surface area contributed by atoms with Gasteiger partial charge < -0.3 is 0 Å². The fourth-order valence-electron chi connectivity index (χ4n) is 0.816. The summed E-state index contributed by atoms with van der Waals surface area (Å²) in [5, 5.41) is 2.04. The van der Waals surface area contributed by atoms with Crippen molar-refractivity contribution in [3.05, 3.63) is 49.0 Å². The van der Waals surface area contributed by atoms with E-state index in [1.807, 2.05) is 48.8 Å². The molecule has 0 aliphatic rings. The van der Waals surface area contributed by atoms with Gasteiger partial charge >= 0.3 is 0 Å². The Bertz CT molecular complexity index is 262. The smallest absolute Gasteiger partial charge is 0.137 e. The van der Waals surface area contributed by atoms with E-state index in [-0.39, 0.29) is 0 Å². The highest BCUT2D eigenvalue weighted by molar-refractivity contribution is 5.24. The molecule has 0 aliphatic carbocycles. The van der Waals surface area contributed by atoms with Crippen LogP contribution in [0.5, 0.6) is 0 Å². The Morgan fingerprint density at radius 1 is 1.25 bits per heavy atom. The molecule has 0 atom stereocenters. The largest absolute Gasteiger partial charge is 0.288 e. The Labute approximate surface area is 72.6 Å². The number of nitrogens with two attached hydrogens (primary N) is 1. The highest BCUT2D eigenvalue weighted by atomic mass is 14.8. The van der Waals surface area contributed by atoms with E-state index >= 15 is 0 Å². The van der Waals surface area contributed by atoms with E-state index < -0.39 is 0 Å². The monoisotopic (exact) mass is 161 g/mol. The zero-order valence-corrected chi connectivity index (χ0v) is 7.14. The molecule has 0 fully saturated rings. The molecule has 0 radical (unpaired) electrons. The quantitative estimate of drug-likeness (QED) is 0.666. The van der Waals surface area contributed by atoms with Crippen LogP contribution in [-0.2, 0) is 0 Å². The third kappa shape index (κ3) is 3.12. The maximum Gasteiger partial charge on any atom is 0.137 e. The van der Waals surface area contributed by atoms with Gasteiger partial charge in [0.2, 0.25) is 0 Å². The molecule has 1 heterocycles. The van der Waals surface area contributed by atoms with E-state index in [4.69, 9.17) is 0 Å². The average Bonchev–Trinajstić information content (AvgIpc) is 2.14. The molecule has 1 rings (SSSR count). The first-order valence-corrected chi connectivity index (χ1v) is 3.96. The van der Waals surface area contributed by atoms with Gasteiger partial charge in [0.05, 0.1) is 6.20 Å². The van der Waals surface area contributed by atoms with E-state index in [0.717, 1.165) is 0 Å². The van der Waals surface area contributed by atoms with E-state index in [2.05, 4.69) is 4.98 Å². The summed E-state index contributed by atoms with van der Waals surface area (Å²) in [5.41, 5.74) is 1.17. The van der Waals surface area contributed by atoms with Gasteiger partial charge in [0.15, 0.2) is 0 Å². The first kappa shape index (κ1) is 8.68. The van der Waals surface area contributed by atoms with Gasteiger partial charge in [0.25, 0.3) is 0 Å². The molecule has 2 nitrogen and oxygen atoms in total. The number of hydrogen-bond acceptors (Lipinski definition) is 1. The minimum Gasteiger partial charge on any atom is -0.288 e. The van der Waals surface area contributed by atoms with Gasteiger partial charge in [-0.15, -0.1) is 0 Å². The molecule has 0 bridgehead atoms. The number of quaternary nitrogens is 1. The van der Waals surface area contributed by atoms with Crippen LogP contribution in [0, 0.1) is 0 Å². The normalized spacial score (nSPS) is 11.4. The molecule has 2 N–H and O–H groups in total. The lowest BCUT2D eigenvalue weighted by Gasteiger charge is -1.90. The summed E-state index contributed by atoms with van der Waals surface area (Å²) in [6.07, 6.45) is 11.6. The van der Waals surface area contributed by atoms with E-state index in [1.54, 1.807) is 12.4 Å². The van der Waals surface area contributed by atoms with Crippen LogP contribution in [0.15, 0.2) is 49.0 Å². The average molecular weight is 161 g/mol. The molecule has 12 heavy (non-hydrogen) atoms. The molecule has 0 aromatic carbocycles. The van der Waals surface area contributed by atoms with Crippen molar-refractivity contribution in [2.45, 2.75) is 6.92 Å². The number of nitrogens with zero attached hydrogens (tertiary/aromatic N) is 1. The van der Waals surface area contributed by atoms with Crippen LogP contribution in [0.4, 0.5) is 5.69 Å². The zero-order chi connectivity index (χ0) is 8.65. The fourth-order valence-corrected chi connectivity index (χ4v) is 0.816.